The number of pyridine rings is 1. The first-order valence-electron chi connectivity index (χ1n) is 11.7. The van der Waals surface area contributed by atoms with Gasteiger partial charge in [-0.3, -0.25) is 9.59 Å². The molecule has 0 atom stereocenters. The second-order valence-electron chi connectivity index (χ2n) is 8.86. The van der Waals surface area contributed by atoms with E-state index in [-0.39, 0.29) is 11.1 Å². The van der Waals surface area contributed by atoms with E-state index in [4.69, 9.17) is 0 Å². The lowest BCUT2D eigenvalue weighted by Gasteiger charge is -2.10. The number of carbonyl (C=O) groups excluding carboxylic acids is 2. The molecule has 0 unspecified atom stereocenters. The summed E-state index contributed by atoms with van der Waals surface area (Å²) in [5, 5.41) is 6.78. The van der Waals surface area contributed by atoms with Crippen LogP contribution in [0, 0.1) is 0 Å². The van der Waals surface area contributed by atoms with Crippen molar-refractivity contribution >= 4 is 45.0 Å². The van der Waals surface area contributed by atoms with Gasteiger partial charge in [-0.15, -0.1) is 0 Å². The lowest BCUT2D eigenvalue weighted by atomic mass is 10.1. The summed E-state index contributed by atoms with van der Waals surface area (Å²) in [4.78, 5) is 29.7. The molecular formula is C29H17F6N3O2. The van der Waals surface area contributed by atoms with Gasteiger partial charge in [0.25, 0.3) is 11.8 Å². The Morgan fingerprint density at radius 2 is 0.900 bits per heavy atom. The van der Waals surface area contributed by atoms with E-state index in [1.165, 1.54) is 0 Å². The van der Waals surface area contributed by atoms with Crippen LogP contribution in [0.4, 0.5) is 37.7 Å². The first-order valence-corrected chi connectivity index (χ1v) is 11.7. The quantitative estimate of drug-likeness (QED) is 0.175. The van der Waals surface area contributed by atoms with Gasteiger partial charge in [0.2, 0.25) is 0 Å². The van der Waals surface area contributed by atoms with E-state index in [0.717, 1.165) is 59.3 Å². The third-order valence-corrected chi connectivity index (χ3v) is 6.08. The average Bonchev–Trinajstić information content (AvgIpc) is 2.91. The van der Waals surface area contributed by atoms with Crippen molar-refractivity contribution in [1.82, 2.24) is 4.98 Å². The number of benzene rings is 4. The summed E-state index contributed by atoms with van der Waals surface area (Å²) in [6.45, 7) is 0. The van der Waals surface area contributed by atoms with Crippen LogP contribution >= 0.6 is 0 Å². The van der Waals surface area contributed by atoms with Gasteiger partial charge < -0.3 is 10.6 Å². The number of alkyl halides is 6. The maximum atomic E-state index is 12.8. The Morgan fingerprint density at radius 3 is 1.25 bits per heavy atom. The van der Waals surface area contributed by atoms with Crippen molar-refractivity contribution in [2.24, 2.45) is 0 Å². The van der Waals surface area contributed by atoms with E-state index < -0.39 is 35.3 Å². The van der Waals surface area contributed by atoms with Crippen molar-refractivity contribution in [2.75, 3.05) is 10.6 Å². The number of hydrogen-bond acceptors (Lipinski definition) is 3. The van der Waals surface area contributed by atoms with E-state index in [9.17, 15) is 35.9 Å². The maximum Gasteiger partial charge on any atom is 0.416 e. The molecule has 0 aliphatic heterocycles. The van der Waals surface area contributed by atoms with E-state index in [0.29, 0.717) is 22.4 Å². The molecule has 0 fully saturated rings. The number of rotatable bonds is 4. The van der Waals surface area contributed by atoms with Gasteiger partial charge in [-0.25, -0.2) is 4.98 Å². The summed E-state index contributed by atoms with van der Waals surface area (Å²) in [5.74, 6) is -1.19. The molecule has 2 N–H and O–H groups in total. The fourth-order valence-electron chi connectivity index (χ4n) is 4.01. The molecule has 2 amide bonds. The molecule has 1 heterocycles. The molecule has 5 rings (SSSR count). The van der Waals surface area contributed by atoms with E-state index in [1.54, 1.807) is 36.4 Å². The summed E-state index contributed by atoms with van der Waals surface area (Å²) < 4.78 is 76.7. The molecule has 0 saturated carbocycles. The Labute approximate surface area is 222 Å². The minimum atomic E-state index is -4.51. The monoisotopic (exact) mass is 553 g/mol. The molecule has 0 aliphatic rings. The Hall–Kier alpha value is -4.93. The number of halogens is 6. The highest BCUT2D eigenvalue weighted by Crippen LogP contribution is 2.31. The van der Waals surface area contributed by atoms with Crippen molar-refractivity contribution in [3.8, 4) is 0 Å². The lowest BCUT2D eigenvalue weighted by Crippen LogP contribution is -2.13. The minimum absolute atomic E-state index is 0.0491. The number of nitrogens with zero attached hydrogens (tertiary/aromatic N) is 1. The third-order valence-electron chi connectivity index (χ3n) is 6.08. The van der Waals surface area contributed by atoms with Crippen LogP contribution < -0.4 is 10.6 Å². The Bertz CT molecular complexity index is 1620. The van der Waals surface area contributed by atoms with Crippen LogP contribution in [0.3, 0.4) is 0 Å². The summed E-state index contributed by atoms with van der Waals surface area (Å²) in [5.41, 5.74) is 0.127. The summed E-state index contributed by atoms with van der Waals surface area (Å²) in [7, 11) is 0. The largest absolute Gasteiger partial charge is 0.416 e. The normalized spacial score (nSPS) is 11.9. The Kier molecular flexibility index (Phi) is 6.66. The van der Waals surface area contributed by atoms with Crippen molar-refractivity contribution in [3.63, 3.8) is 0 Å². The molecular weight excluding hydrogens is 536 g/mol. The minimum Gasteiger partial charge on any atom is -0.322 e. The second kappa shape index (κ2) is 9.99. The first-order chi connectivity index (χ1) is 18.9. The van der Waals surface area contributed by atoms with Crippen LogP contribution in [-0.4, -0.2) is 16.8 Å². The van der Waals surface area contributed by atoms with Gasteiger partial charge in [0, 0.05) is 33.3 Å². The highest BCUT2D eigenvalue weighted by molar-refractivity contribution is 6.07. The number of aromatic nitrogens is 1. The summed E-state index contributed by atoms with van der Waals surface area (Å²) in [6.07, 6.45) is -9.01. The van der Waals surface area contributed by atoms with E-state index >= 15 is 0 Å². The van der Waals surface area contributed by atoms with Crippen LogP contribution in [0.25, 0.3) is 21.8 Å². The van der Waals surface area contributed by atoms with Crippen molar-refractivity contribution in [1.29, 1.82) is 0 Å². The standard InChI is InChI=1S/C29H17F6N3O2/c30-28(31,32)20-7-1-16(2-8-20)26(39)36-22-11-5-18-13-19-6-12-23(15-25(19)38-24(18)14-22)37-27(40)17-3-9-21(10-4-17)29(33,34)35/h1-15H,(H,36,39)(H,37,40). The van der Waals surface area contributed by atoms with Gasteiger partial charge in [-0.05, 0) is 78.9 Å². The molecule has 40 heavy (non-hydrogen) atoms. The number of carbonyl (C=O) groups is 2. The molecule has 0 bridgehead atoms. The summed E-state index contributed by atoms with van der Waals surface area (Å²) >= 11 is 0. The van der Waals surface area contributed by atoms with Crippen LogP contribution in [-0.2, 0) is 12.4 Å². The van der Waals surface area contributed by atoms with Crippen molar-refractivity contribution in [3.05, 3.63) is 113 Å². The number of anilines is 2. The highest BCUT2D eigenvalue weighted by atomic mass is 19.4. The third kappa shape index (κ3) is 5.73. The molecule has 0 saturated heterocycles. The van der Waals surface area contributed by atoms with Gasteiger partial charge in [-0.1, -0.05) is 12.1 Å². The lowest BCUT2D eigenvalue weighted by molar-refractivity contribution is -0.138. The predicted molar refractivity (Wildman–Crippen MR) is 138 cm³/mol. The second-order valence-corrected chi connectivity index (χ2v) is 8.86. The smallest absolute Gasteiger partial charge is 0.322 e. The number of fused-ring (bicyclic) bond motifs is 2. The SMILES string of the molecule is O=C(Nc1ccc2cc3ccc(NC(=O)c4ccc(C(F)(F)F)cc4)cc3nc2c1)c1ccc(C(F)(F)F)cc1. The molecule has 0 radical (unpaired) electrons. The maximum absolute atomic E-state index is 12.8. The van der Waals surface area contributed by atoms with E-state index in [1.807, 2.05) is 6.07 Å². The molecule has 4 aromatic carbocycles. The van der Waals surface area contributed by atoms with Gasteiger partial charge in [0.1, 0.15) is 0 Å². The molecule has 5 nitrogen and oxygen atoms in total. The average molecular weight is 553 g/mol. The van der Waals surface area contributed by atoms with Gasteiger partial charge in [-0.2, -0.15) is 26.3 Å². The highest BCUT2D eigenvalue weighted by Gasteiger charge is 2.31. The van der Waals surface area contributed by atoms with E-state index in [2.05, 4.69) is 15.6 Å². The molecule has 0 spiro atoms. The fourth-order valence-corrected chi connectivity index (χ4v) is 4.01. The van der Waals surface area contributed by atoms with Crippen molar-refractivity contribution < 1.29 is 35.9 Å². The summed E-state index contributed by atoms with van der Waals surface area (Å²) in [6, 6.07) is 19.5. The number of hydrogen-bond donors (Lipinski definition) is 2. The Balaban J connectivity index is 1.35. The molecule has 0 aliphatic carbocycles. The fraction of sp³-hybridized carbons (Fsp3) is 0.0690. The molecule has 5 aromatic rings. The topological polar surface area (TPSA) is 71.1 Å². The number of amides is 2. The van der Waals surface area contributed by atoms with Crippen LogP contribution in [0.5, 0.6) is 0 Å². The van der Waals surface area contributed by atoms with Crippen LogP contribution in [0.1, 0.15) is 31.8 Å². The zero-order valence-electron chi connectivity index (χ0n) is 20.2. The predicted octanol–water partition coefficient (Wildman–Crippen LogP) is 7.93. The number of nitrogens with one attached hydrogen (secondary N) is 2. The Morgan fingerprint density at radius 1 is 0.525 bits per heavy atom. The molecule has 1 aromatic heterocycles. The molecule has 11 heteroatoms. The van der Waals surface area contributed by atoms with Gasteiger partial charge >= 0.3 is 12.4 Å². The van der Waals surface area contributed by atoms with Gasteiger partial charge in [0.05, 0.1) is 22.2 Å². The van der Waals surface area contributed by atoms with Crippen LogP contribution in [0.15, 0.2) is 91.0 Å². The van der Waals surface area contributed by atoms with Crippen LogP contribution in [0.2, 0.25) is 0 Å². The zero-order chi connectivity index (χ0) is 28.7. The van der Waals surface area contributed by atoms with Crippen molar-refractivity contribution in [2.45, 2.75) is 12.4 Å². The molecule has 202 valence electrons. The van der Waals surface area contributed by atoms with Gasteiger partial charge in [0.15, 0.2) is 0 Å². The zero-order valence-corrected chi connectivity index (χ0v) is 20.2. The first kappa shape index (κ1) is 26.7.